The molecule has 1 aliphatic rings. The number of nitrogens with two attached hydrogens (primary N) is 1. The molecule has 0 spiro atoms. The van der Waals surface area contributed by atoms with Crippen molar-refractivity contribution in [1.29, 1.82) is 0 Å². The van der Waals surface area contributed by atoms with Crippen molar-refractivity contribution < 1.29 is 12.8 Å². The molecule has 3 aromatic rings. The Hall–Kier alpha value is -2.79. The van der Waals surface area contributed by atoms with Crippen molar-refractivity contribution in [3.63, 3.8) is 0 Å². The summed E-state index contributed by atoms with van der Waals surface area (Å²) in [6, 6.07) is 4.98. The number of rotatable bonds is 3. The summed E-state index contributed by atoms with van der Waals surface area (Å²) >= 11 is 1.16. The van der Waals surface area contributed by atoms with E-state index in [1.165, 1.54) is 13.1 Å². The van der Waals surface area contributed by atoms with Gasteiger partial charge in [-0.1, -0.05) is 0 Å². The Bertz CT molecular complexity index is 1230. The van der Waals surface area contributed by atoms with Gasteiger partial charge in [0.1, 0.15) is 23.5 Å². The molecule has 0 saturated heterocycles. The molecule has 4 heterocycles. The molecular weight excluding hydrogens is 415 g/mol. The highest BCUT2D eigenvalue weighted by Gasteiger charge is 2.42. The monoisotopic (exact) mass is 434 g/mol. The van der Waals surface area contributed by atoms with Crippen LogP contribution in [0, 0.1) is 12.7 Å². The Morgan fingerprint density at radius 3 is 2.72 bits per heavy atom. The van der Waals surface area contributed by atoms with Gasteiger partial charge in [0.2, 0.25) is 16.0 Å². The van der Waals surface area contributed by atoms with E-state index in [1.54, 1.807) is 30.1 Å². The van der Waals surface area contributed by atoms with Gasteiger partial charge in [0.05, 0.1) is 16.3 Å². The number of imidazole rings is 1. The van der Waals surface area contributed by atoms with Crippen LogP contribution in [0.1, 0.15) is 17.5 Å². The molecule has 0 saturated carbocycles. The van der Waals surface area contributed by atoms with E-state index in [9.17, 15) is 12.8 Å². The number of aromatic nitrogens is 3. The Labute approximate surface area is 171 Å². The van der Waals surface area contributed by atoms with Crippen LogP contribution in [0.2, 0.25) is 0 Å². The summed E-state index contributed by atoms with van der Waals surface area (Å²) in [6.07, 6.45) is 5.13. The first-order chi connectivity index (χ1) is 13.6. The average Bonchev–Trinajstić information content (AvgIpc) is 3.26. The lowest BCUT2D eigenvalue weighted by molar-refractivity contribution is 0.466. The zero-order chi connectivity index (χ0) is 21.0. The first kappa shape index (κ1) is 19.5. The van der Waals surface area contributed by atoms with Crippen LogP contribution in [0.5, 0.6) is 0 Å². The molecule has 29 heavy (non-hydrogen) atoms. The van der Waals surface area contributed by atoms with E-state index in [4.69, 9.17) is 5.73 Å². The maximum Gasteiger partial charge on any atom is 0.239 e. The van der Waals surface area contributed by atoms with Crippen LogP contribution in [0.3, 0.4) is 0 Å². The number of pyridine rings is 1. The summed E-state index contributed by atoms with van der Waals surface area (Å²) < 4.78 is 42.4. The molecule has 0 aromatic carbocycles. The lowest BCUT2D eigenvalue weighted by Crippen LogP contribution is -2.50. The lowest BCUT2D eigenvalue weighted by Gasteiger charge is -2.33. The second-order valence-corrected chi connectivity index (χ2v) is 10.1. The molecule has 0 aliphatic carbocycles. The van der Waals surface area contributed by atoms with Gasteiger partial charge >= 0.3 is 0 Å². The number of hydrogen-bond acceptors (Lipinski definition) is 7. The summed E-state index contributed by atoms with van der Waals surface area (Å²) in [4.78, 5) is 13.7. The molecular formula is C18H19FN6O2S2. The smallest absolute Gasteiger partial charge is 0.239 e. The van der Waals surface area contributed by atoms with Crippen LogP contribution in [0.15, 0.2) is 41.9 Å². The van der Waals surface area contributed by atoms with Crippen molar-refractivity contribution in [3.8, 4) is 16.3 Å². The third-order valence-electron chi connectivity index (χ3n) is 4.75. The van der Waals surface area contributed by atoms with Gasteiger partial charge in [-0.3, -0.25) is 4.57 Å². The van der Waals surface area contributed by atoms with Crippen LogP contribution < -0.4 is 5.73 Å². The Balaban J connectivity index is 1.76. The lowest BCUT2D eigenvalue weighted by atomic mass is 10.0. The zero-order valence-corrected chi connectivity index (χ0v) is 17.6. The van der Waals surface area contributed by atoms with Gasteiger partial charge in [0, 0.05) is 24.3 Å². The standard InChI is InChI=1S/C18H19FN6O2S2/c1-11-8-25(10-22-11)15-6-12(4-5-21-15)14-7-13(19)16(28-14)18(2)9-29(26,27)24(3)17(20)23-18/h4-8,10H,9H2,1-3H3,(H2,20,23). The number of aliphatic imine (C=N–C) groups is 1. The van der Waals surface area contributed by atoms with E-state index >= 15 is 0 Å². The number of hydrogen-bond donors (Lipinski definition) is 1. The predicted octanol–water partition coefficient (Wildman–Crippen LogP) is 2.25. The van der Waals surface area contributed by atoms with Gasteiger partial charge in [0.15, 0.2) is 0 Å². The second-order valence-electron chi connectivity index (χ2n) is 7.08. The fourth-order valence-corrected chi connectivity index (χ4v) is 5.86. The Morgan fingerprint density at radius 1 is 1.31 bits per heavy atom. The van der Waals surface area contributed by atoms with E-state index in [2.05, 4.69) is 15.0 Å². The minimum absolute atomic E-state index is 0.158. The minimum atomic E-state index is -3.68. The summed E-state index contributed by atoms with van der Waals surface area (Å²) in [5, 5.41) is 0. The van der Waals surface area contributed by atoms with E-state index < -0.39 is 21.4 Å². The van der Waals surface area contributed by atoms with E-state index in [0.717, 1.165) is 26.9 Å². The molecule has 0 bridgehead atoms. The number of nitrogens with zero attached hydrogens (tertiary/aromatic N) is 5. The number of thiophene rings is 1. The van der Waals surface area contributed by atoms with Crippen molar-refractivity contribution in [2.75, 3.05) is 12.8 Å². The fourth-order valence-electron chi connectivity index (χ4n) is 3.20. The highest BCUT2D eigenvalue weighted by atomic mass is 32.2. The third kappa shape index (κ3) is 3.40. The molecule has 1 unspecified atom stereocenters. The molecule has 8 nitrogen and oxygen atoms in total. The molecule has 1 atom stereocenters. The molecule has 1 aliphatic heterocycles. The Kier molecular flexibility index (Phi) is 4.46. The number of aryl methyl sites for hydroxylation is 1. The van der Waals surface area contributed by atoms with Gasteiger partial charge < -0.3 is 5.73 Å². The fraction of sp³-hybridized carbons (Fsp3) is 0.278. The molecule has 2 N–H and O–H groups in total. The number of guanidine groups is 1. The second kappa shape index (κ2) is 6.63. The van der Waals surface area contributed by atoms with Gasteiger partial charge in [-0.05, 0) is 37.6 Å². The first-order valence-electron chi connectivity index (χ1n) is 8.68. The maximum atomic E-state index is 14.9. The van der Waals surface area contributed by atoms with Crippen LogP contribution in [-0.4, -0.2) is 46.0 Å². The zero-order valence-electron chi connectivity index (χ0n) is 16.0. The quantitative estimate of drug-likeness (QED) is 0.680. The molecule has 3 aromatic heterocycles. The van der Waals surface area contributed by atoms with Crippen LogP contribution >= 0.6 is 11.3 Å². The molecule has 0 radical (unpaired) electrons. The van der Waals surface area contributed by atoms with Gasteiger partial charge in [0.25, 0.3) is 0 Å². The minimum Gasteiger partial charge on any atom is -0.369 e. The number of halogens is 1. The van der Waals surface area contributed by atoms with E-state index in [-0.39, 0.29) is 16.6 Å². The molecule has 0 fully saturated rings. The van der Waals surface area contributed by atoms with Crippen molar-refractivity contribution in [3.05, 3.63) is 53.3 Å². The van der Waals surface area contributed by atoms with E-state index in [1.807, 2.05) is 19.2 Å². The summed E-state index contributed by atoms with van der Waals surface area (Å²) in [6.45, 7) is 3.46. The van der Waals surface area contributed by atoms with E-state index in [0.29, 0.717) is 10.7 Å². The summed E-state index contributed by atoms with van der Waals surface area (Å²) in [7, 11) is -2.35. The van der Waals surface area contributed by atoms with Gasteiger partial charge in [-0.15, -0.1) is 11.3 Å². The molecule has 152 valence electrons. The topological polar surface area (TPSA) is 106 Å². The first-order valence-corrected chi connectivity index (χ1v) is 11.1. The summed E-state index contributed by atoms with van der Waals surface area (Å²) in [5.41, 5.74) is 6.10. The summed E-state index contributed by atoms with van der Waals surface area (Å²) in [5.74, 6) is -0.381. The van der Waals surface area contributed by atoms with Gasteiger partial charge in [-0.2, -0.15) is 0 Å². The predicted molar refractivity (Wildman–Crippen MR) is 110 cm³/mol. The van der Waals surface area contributed by atoms with Crippen molar-refractivity contribution in [1.82, 2.24) is 18.8 Å². The highest BCUT2D eigenvalue weighted by Crippen LogP contribution is 2.41. The highest BCUT2D eigenvalue weighted by molar-refractivity contribution is 7.89. The number of sulfonamides is 1. The van der Waals surface area contributed by atoms with Crippen LogP contribution in [0.4, 0.5) is 4.39 Å². The van der Waals surface area contributed by atoms with Crippen molar-refractivity contribution >= 4 is 27.3 Å². The maximum absolute atomic E-state index is 14.9. The third-order valence-corrected chi connectivity index (χ3v) is 8.11. The van der Waals surface area contributed by atoms with Crippen LogP contribution in [-0.2, 0) is 15.6 Å². The Morgan fingerprint density at radius 2 is 2.07 bits per heavy atom. The largest absolute Gasteiger partial charge is 0.369 e. The van der Waals surface area contributed by atoms with Crippen molar-refractivity contribution in [2.45, 2.75) is 19.4 Å². The molecule has 4 rings (SSSR count). The average molecular weight is 435 g/mol. The normalized spacial score (nSPS) is 21.2. The van der Waals surface area contributed by atoms with Crippen molar-refractivity contribution in [2.24, 2.45) is 10.7 Å². The molecule has 11 heteroatoms. The van der Waals surface area contributed by atoms with Gasteiger partial charge in [-0.25, -0.2) is 32.1 Å². The molecule has 0 amide bonds. The van der Waals surface area contributed by atoms with Crippen LogP contribution in [0.25, 0.3) is 16.3 Å². The SMILES string of the molecule is Cc1cn(-c2cc(-c3cc(F)c(C4(C)CS(=O)(=O)N(C)C(N)=N4)s3)ccn2)cn1.